The summed E-state index contributed by atoms with van der Waals surface area (Å²) >= 11 is 9.25. The van der Waals surface area contributed by atoms with Crippen LogP contribution < -0.4 is 0 Å². The van der Waals surface area contributed by atoms with Crippen molar-refractivity contribution < 1.29 is 14.3 Å². The number of amides is 1. The molecule has 98 valence electrons. The molecule has 18 heavy (non-hydrogen) atoms. The third kappa shape index (κ3) is 3.99. The standard InChI is InChI=1S/C12H13BrClNO3/c1-15(6-5-11(16)18-2)12(17)9-7-8(13)3-4-10(9)14/h3-4,7H,5-6H2,1-2H3. The van der Waals surface area contributed by atoms with E-state index in [1.54, 1.807) is 25.2 Å². The fraction of sp³-hybridized carbons (Fsp3) is 0.333. The first kappa shape index (κ1) is 15.0. The monoisotopic (exact) mass is 333 g/mol. The van der Waals surface area contributed by atoms with Crippen molar-refractivity contribution in [2.45, 2.75) is 6.42 Å². The van der Waals surface area contributed by atoms with Gasteiger partial charge < -0.3 is 9.64 Å². The lowest BCUT2D eigenvalue weighted by atomic mass is 10.2. The van der Waals surface area contributed by atoms with Crippen molar-refractivity contribution >= 4 is 39.4 Å². The van der Waals surface area contributed by atoms with Crippen LogP contribution in [0.2, 0.25) is 5.02 Å². The zero-order valence-electron chi connectivity index (χ0n) is 10.1. The van der Waals surface area contributed by atoms with Gasteiger partial charge in [-0.05, 0) is 18.2 Å². The van der Waals surface area contributed by atoms with Gasteiger partial charge in [-0.2, -0.15) is 0 Å². The van der Waals surface area contributed by atoms with Crippen LogP contribution in [-0.4, -0.2) is 37.5 Å². The van der Waals surface area contributed by atoms with Crippen LogP contribution in [0.5, 0.6) is 0 Å². The molecule has 0 radical (unpaired) electrons. The van der Waals surface area contributed by atoms with Crippen LogP contribution in [0.3, 0.4) is 0 Å². The summed E-state index contributed by atoms with van der Waals surface area (Å²) in [5.41, 5.74) is 0.401. The third-order valence-corrected chi connectivity index (χ3v) is 3.21. The van der Waals surface area contributed by atoms with Crippen molar-refractivity contribution in [1.29, 1.82) is 0 Å². The van der Waals surface area contributed by atoms with Crippen LogP contribution in [0.15, 0.2) is 22.7 Å². The molecule has 6 heteroatoms. The quantitative estimate of drug-likeness (QED) is 0.795. The van der Waals surface area contributed by atoms with E-state index in [4.69, 9.17) is 11.6 Å². The molecule has 1 rings (SSSR count). The number of esters is 1. The number of carbonyl (C=O) groups excluding carboxylic acids is 2. The molecule has 4 nitrogen and oxygen atoms in total. The van der Waals surface area contributed by atoms with Crippen molar-refractivity contribution in [3.05, 3.63) is 33.3 Å². The van der Waals surface area contributed by atoms with Gasteiger partial charge in [0, 0.05) is 18.1 Å². The second-order valence-corrected chi connectivity index (χ2v) is 5.00. The highest BCUT2D eigenvalue weighted by Gasteiger charge is 2.16. The molecular weight excluding hydrogens is 321 g/mol. The van der Waals surface area contributed by atoms with Crippen LogP contribution in [0, 0.1) is 0 Å². The van der Waals surface area contributed by atoms with Gasteiger partial charge in [-0.15, -0.1) is 0 Å². The van der Waals surface area contributed by atoms with Gasteiger partial charge in [0.1, 0.15) is 0 Å². The van der Waals surface area contributed by atoms with Gasteiger partial charge in [0.25, 0.3) is 5.91 Å². The van der Waals surface area contributed by atoms with E-state index in [0.29, 0.717) is 10.6 Å². The summed E-state index contributed by atoms with van der Waals surface area (Å²) in [5.74, 6) is -0.583. The minimum atomic E-state index is -0.352. The number of ether oxygens (including phenoxy) is 1. The molecule has 0 heterocycles. The zero-order chi connectivity index (χ0) is 13.7. The highest BCUT2D eigenvalue weighted by atomic mass is 79.9. The van der Waals surface area contributed by atoms with Gasteiger partial charge in [-0.1, -0.05) is 27.5 Å². The fourth-order valence-corrected chi connectivity index (χ4v) is 1.89. The average Bonchev–Trinajstić information content (AvgIpc) is 2.37. The maximum absolute atomic E-state index is 12.1. The van der Waals surface area contributed by atoms with E-state index in [1.165, 1.54) is 12.0 Å². The molecule has 1 amide bonds. The molecule has 0 spiro atoms. The number of hydrogen-bond acceptors (Lipinski definition) is 3. The number of benzene rings is 1. The fourth-order valence-electron chi connectivity index (χ4n) is 1.33. The normalized spacial score (nSPS) is 10.0. The Hall–Kier alpha value is -1.07. The molecule has 0 aliphatic heterocycles. The topological polar surface area (TPSA) is 46.6 Å². The van der Waals surface area contributed by atoms with Crippen molar-refractivity contribution in [2.24, 2.45) is 0 Å². The molecule has 0 atom stereocenters. The van der Waals surface area contributed by atoms with Crippen molar-refractivity contribution in [3.8, 4) is 0 Å². The summed E-state index contributed by atoms with van der Waals surface area (Å²) in [6, 6.07) is 5.06. The largest absolute Gasteiger partial charge is 0.469 e. The van der Waals surface area contributed by atoms with Crippen LogP contribution in [0.1, 0.15) is 16.8 Å². The predicted octanol–water partition coefficient (Wildman–Crippen LogP) is 2.74. The van der Waals surface area contributed by atoms with Gasteiger partial charge in [-0.3, -0.25) is 9.59 Å². The number of rotatable bonds is 4. The van der Waals surface area contributed by atoms with Gasteiger partial charge in [0.15, 0.2) is 0 Å². The third-order valence-electron chi connectivity index (χ3n) is 2.38. The number of halogens is 2. The molecule has 0 saturated carbocycles. The van der Waals surface area contributed by atoms with Crippen LogP contribution >= 0.6 is 27.5 Å². The highest BCUT2D eigenvalue weighted by molar-refractivity contribution is 9.10. The summed E-state index contributed by atoms with van der Waals surface area (Å²) in [6.07, 6.45) is 0.157. The number of methoxy groups -OCH3 is 1. The molecule has 0 bridgehead atoms. The molecule has 1 aromatic rings. The van der Waals surface area contributed by atoms with E-state index < -0.39 is 0 Å². The summed E-state index contributed by atoms with van der Waals surface area (Å²) in [4.78, 5) is 24.5. The van der Waals surface area contributed by atoms with Crippen molar-refractivity contribution in [3.63, 3.8) is 0 Å². The van der Waals surface area contributed by atoms with Gasteiger partial charge in [0.05, 0.1) is 24.1 Å². The minimum Gasteiger partial charge on any atom is -0.469 e. The lowest BCUT2D eigenvalue weighted by molar-refractivity contribution is -0.140. The van der Waals surface area contributed by atoms with E-state index in [2.05, 4.69) is 20.7 Å². The Balaban J connectivity index is 2.74. The Bertz CT molecular complexity index is 465. The number of nitrogens with zero attached hydrogens (tertiary/aromatic N) is 1. The average molecular weight is 335 g/mol. The van der Waals surface area contributed by atoms with Crippen molar-refractivity contribution in [1.82, 2.24) is 4.90 Å². The van der Waals surface area contributed by atoms with E-state index >= 15 is 0 Å². The van der Waals surface area contributed by atoms with Crippen LogP contribution in [-0.2, 0) is 9.53 Å². The maximum atomic E-state index is 12.1. The number of hydrogen-bond donors (Lipinski definition) is 0. The summed E-state index contributed by atoms with van der Waals surface area (Å²) in [7, 11) is 2.93. The highest BCUT2D eigenvalue weighted by Crippen LogP contribution is 2.22. The molecule has 0 unspecified atom stereocenters. The first-order valence-corrected chi connectivity index (χ1v) is 6.40. The SMILES string of the molecule is COC(=O)CCN(C)C(=O)c1cc(Br)ccc1Cl. The van der Waals surface area contributed by atoms with E-state index in [9.17, 15) is 9.59 Å². The zero-order valence-corrected chi connectivity index (χ0v) is 12.4. The Labute approximate surface area is 119 Å². The molecule has 0 aliphatic rings. The first-order chi connectivity index (χ1) is 8.45. The molecular formula is C12H13BrClNO3. The molecule has 0 aliphatic carbocycles. The van der Waals surface area contributed by atoms with E-state index in [1.807, 2.05) is 0 Å². The Kier molecular flexibility index (Phi) is 5.62. The summed E-state index contributed by atoms with van der Waals surface area (Å²) in [6.45, 7) is 0.286. The minimum absolute atomic E-state index is 0.157. The van der Waals surface area contributed by atoms with E-state index in [0.717, 1.165) is 4.47 Å². The molecule has 0 fully saturated rings. The lowest BCUT2D eigenvalue weighted by Gasteiger charge is -2.17. The molecule has 0 N–H and O–H groups in total. The van der Waals surface area contributed by atoms with E-state index in [-0.39, 0.29) is 24.8 Å². The lowest BCUT2D eigenvalue weighted by Crippen LogP contribution is -2.29. The Morgan fingerprint density at radius 3 is 2.72 bits per heavy atom. The number of carbonyl (C=O) groups is 2. The second kappa shape index (κ2) is 6.75. The van der Waals surface area contributed by atoms with Gasteiger partial charge >= 0.3 is 5.97 Å². The Morgan fingerprint density at radius 1 is 1.44 bits per heavy atom. The summed E-state index contributed by atoms with van der Waals surface area (Å²) < 4.78 is 5.29. The predicted molar refractivity (Wildman–Crippen MR) is 72.7 cm³/mol. The van der Waals surface area contributed by atoms with Crippen molar-refractivity contribution in [2.75, 3.05) is 20.7 Å². The van der Waals surface area contributed by atoms with Crippen LogP contribution in [0.25, 0.3) is 0 Å². The van der Waals surface area contributed by atoms with Gasteiger partial charge in [-0.25, -0.2) is 0 Å². The first-order valence-electron chi connectivity index (χ1n) is 5.23. The van der Waals surface area contributed by atoms with Crippen LogP contribution in [0.4, 0.5) is 0 Å². The molecule has 0 aromatic heterocycles. The van der Waals surface area contributed by atoms with Gasteiger partial charge in [0.2, 0.25) is 0 Å². The maximum Gasteiger partial charge on any atom is 0.307 e. The molecule has 0 saturated heterocycles. The Morgan fingerprint density at radius 2 is 2.11 bits per heavy atom. The smallest absolute Gasteiger partial charge is 0.307 e. The molecule has 1 aromatic carbocycles. The summed E-state index contributed by atoms with van der Waals surface area (Å²) in [5, 5.41) is 0.383. The second-order valence-electron chi connectivity index (χ2n) is 3.68.